The lowest BCUT2D eigenvalue weighted by atomic mass is 10.1. The molecule has 1 amide bonds. The summed E-state index contributed by atoms with van der Waals surface area (Å²) in [4.78, 5) is 12.1. The van der Waals surface area contributed by atoms with Crippen LogP contribution in [0.15, 0.2) is 63.4 Å². The van der Waals surface area contributed by atoms with E-state index < -0.39 is 0 Å². The van der Waals surface area contributed by atoms with Crippen LogP contribution in [0.4, 0.5) is 5.13 Å². The molecule has 0 spiro atoms. The summed E-state index contributed by atoms with van der Waals surface area (Å²) in [6.07, 6.45) is 2.47. The minimum Gasteiger partial charge on any atom is -0.300 e. The van der Waals surface area contributed by atoms with Gasteiger partial charge in [0, 0.05) is 10.2 Å². The van der Waals surface area contributed by atoms with E-state index >= 15 is 0 Å². The highest BCUT2D eigenvalue weighted by Gasteiger charge is 2.09. The zero-order chi connectivity index (χ0) is 18.2. The van der Waals surface area contributed by atoms with Crippen LogP contribution in [-0.4, -0.2) is 21.9 Å². The molecule has 0 aliphatic heterocycles. The summed E-state index contributed by atoms with van der Waals surface area (Å²) in [7, 11) is 0. The normalized spacial score (nSPS) is 10.7. The van der Waals surface area contributed by atoms with Gasteiger partial charge in [0.05, 0.1) is 6.42 Å². The topological polar surface area (TPSA) is 54.9 Å². The van der Waals surface area contributed by atoms with Crippen LogP contribution >= 0.6 is 39.0 Å². The van der Waals surface area contributed by atoms with Crippen molar-refractivity contribution >= 4 is 50.1 Å². The molecule has 0 saturated carbocycles. The molecule has 1 aromatic heterocycles. The third-order valence-corrected chi connectivity index (χ3v) is 6.20. The molecular weight excluding hydrogens is 430 g/mol. The number of carbonyl (C=O) groups is 1. The van der Waals surface area contributed by atoms with Gasteiger partial charge in [0.1, 0.15) is 0 Å². The van der Waals surface area contributed by atoms with Crippen LogP contribution in [0.1, 0.15) is 17.5 Å². The van der Waals surface area contributed by atoms with Crippen LogP contribution < -0.4 is 5.32 Å². The van der Waals surface area contributed by atoms with E-state index in [4.69, 9.17) is 0 Å². The predicted molar refractivity (Wildman–Crippen MR) is 112 cm³/mol. The number of aromatic nitrogens is 2. The van der Waals surface area contributed by atoms with Gasteiger partial charge in [-0.2, -0.15) is 0 Å². The molecule has 4 nitrogen and oxygen atoms in total. The number of nitrogens with one attached hydrogen (secondary N) is 1. The third-order valence-electron chi connectivity index (χ3n) is 3.61. The molecule has 0 bridgehead atoms. The van der Waals surface area contributed by atoms with Crippen LogP contribution in [0, 0.1) is 0 Å². The number of hydrogen-bond donors (Lipinski definition) is 1. The Morgan fingerprint density at radius 3 is 2.58 bits per heavy atom. The molecule has 2 aromatic carbocycles. The maximum Gasteiger partial charge on any atom is 0.230 e. The van der Waals surface area contributed by atoms with Crippen molar-refractivity contribution in [3.8, 4) is 0 Å². The van der Waals surface area contributed by atoms with E-state index in [1.54, 1.807) is 11.8 Å². The average molecular weight is 448 g/mol. The van der Waals surface area contributed by atoms with Crippen LogP contribution in [0.3, 0.4) is 0 Å². The van der Waals surface area contributed by atoms with Gasteiger partial charge in [-0.1, -0.05) is 81.5 Å². The Morgan fingerprint density at radius 2 is 1.81 bits per heavy atom. The average Bonchev–Trinajstić information content (AvgIpc) is 3.09. The molecule has 3 rings (SSSR count). The Kier molecular flexibility index (Phi) is 7.22. The summed E-state index contributed by atoms with van der Waals surface area (Å²) in [6, 6.07) is 18.2. The fourth-order valence-electron chi connectivity index (χ4n) is 2.35. The monoisotopic (exact) mass is 447 g/mol. The van der Waals surface area contributed by atoms with Gasteiger partial charge in [-0.25, -0.2) is 0 Å². The molecule has 7 heteroatoms. The van der Waals surface area contributed by atoms with E-state index in [1.165, 1.54) is 16.9 Å². The molecule has 0 radical (unpaired) electrons. The summed E-state index contributed by atoms with van der Waals surface area (Å²) in [5.74, 6) is 0.903. The van der Waals surface area contributed by atoms with Crippen molar-refractivity contribution in [2.45, 2.75) is 23.6 Å². The number of hydrogen-bond acceptors (Lipinski definition) is 5. The molecule has 134 valence electrons. The smallest absolute Gasteiger partial charge is 0.230 e. The number of aryl methyl sites for hydroxylation is 1. The second-order valence-corrected chi connectivity index (χ2v) is 8.90. The van der Waals surface area contributed by atoms with Gasteiger partial charge in [0.25, 0.3) is 0 Å². The minimum atomic E-state index is -0.0795. The molecule has 1 N–H and O–H groups in total. The summed E-state index contributed by atoms with van der Waals surface area (Å²) in [5, 5.41) is 11.6. The van der Waals surface area contributed by atoms with Crippen molar-refractivity contribution in [2.24, 2.45) is 0 Å². The number of halogens is 1. The molecule has 1 heterocycles. The zero-order valence-electron chi connectivity index (χ0n) is 14.0. The third kappa shape index (κ3) is 6.23. The number of rotatable bonds is 8. The van der Waals surface area contributed by atoms with Crippen LogP contribution in [-0.2, 0) is 17.6 Å². The first-order valence-corrected chi connectivity index (χ1v) is 10.8. The zero-order valence-corrected chi connectivity index (χ0v) is 17.2. The maximum absolute atomic E-state index is 12.1. The van der Waals surface area contributed by atoms with Gasteiger partial charge in [0.15, 0.2) is 4.34 Å². The van der Waals surface area contributed by atoms with Gasteiger partial charge in [-0.05, 0) is 36.1 Å². The minimum absolute atomic E-state index is 0.0795. The molecule has 0 fully saturated rings. The predicted octanol–water partition coefficient (Wildman–Crippen LogP) is 5.21. The highest BCUT2D eigenvalue weighted by Crippen LogP contribution is 2.26. The Labute approximate surface area is 169 Å². The summed E-state index contributed by atoms with van der Waals surface area (Å²) in [5.41, 5.74) is 2.32. The molecule has 0 unspecified atom stereocenters. The van der Waals surface area contributed by atoms with Crippen molar-refractivity contribution in [3.05, 3.63) is 70.2 Å². The standard InChI is InChI=1S/C19H18BrN3OS2/c20-16-10-8-15(9-11-16)13-17(24)21-18-22-23-19(26-18)25-12-4-7-14-5-2-1-3-6-14/h1-3,5-6,8-11H,4,7,12-13H2,(H,21,22,24). The Balaban J connectivity index is 1.41. The molecular formula is C19H18BrN3OS2. The maximum atomic E-state index is 12.1. The fraction of sp³-hybridized carbons (Fsp3) is 0.211. The lowest BCUT2D eigenvalue weighted by molar-refractivity contribution is -0.115. The second-order valence-electron chi connectivity index (χ2n) is 5.66. The van der Waals surface area contributed by atoms with Crippen molar-refractivity contribution < 1.29 is 4.79 Å². The van der Waals surface area contributed by atoms with Crippen LogP contribution in [0.25, 0.3) is 0 Å². The lowest BCUT2D eigenvalue weighted by Crippen LogP contribution is -2.14. The molecule has 26 heavy (non-hydrogen) atoms. The van der Waals surface area contributed by atoms with Crippen molar-refractivity contribution in [2.75, 3.05) is 11.1 Å². The first-order chi connectivity index (χ1) is 12.7. The first kappa shape index (κ1) is 19.1. The van der Waals surface area contributed by atoms with Crippen LogP contribution in [0.5, 0.6) is 0 Å². The van der Waals surface area contributed by atoms with E-state index in [-0.39, 0.29) is 5.91 Å². The molecule has 3 aromatic rings. The number of benzene rings is 2. The Morgan fingerprint density at radius 1 is 1.04 bits per heavy atom. The quantitative estimate of drug-likeness (QED) is 0.292. The second kappa shape index (κ2) is 9.85. The summed E-state index contributed by atoms with van der Waals surface area (Å²) in [6.45, 7) is 0. The highest BCUT2D eigenvalue weighted by atomic mass is 79.9. The number of thioether (sulfide) groups is 1. The Hall–Kier alpha value is -1.70. The fourth-order valence-corrected chi connectivity index (χ4v) is 4.39. The summed E-state index contributed by atoms with van der Waals surface area (Å²) >= 11 is 6.49. The van der Waals surface area contributed by atoms with Crippen molar-refractivity contribution in [3.63, 3.8) is 0 Å². The number of anilines is 1. The van der Waals surface area contributed by atoms with Gasteiger partial charge >= 0.3 is 0 Å². The van der Waals surface area contributed by atoms with E-state index in [1.807, 2.05) is 30.3 Å². The molecule has 0 saturated heterocycles. The SMILES string of the molecule is O=C(Cc1ccc(Br)cc1)Nc1nnc(SCCCc2ccccc2)s1. The highest BCUT2D eigenvalue weighted by molar-refractivity contribution is 9.10. The number of amides is 1. The molecule has 0 atom stereocenters. The largest absolute Gasteiger partial charge is 0.300 e. The van der Waals surface area contributed by atoms with Gasteiger partial charge in [-0.15, -0.1) is 10.2 Å². The molecule has 0 aliphatic carbocycles. The number of carbonyl (C=O) groups excluding carboxylic acids is 1. The van der Waals surface area contributed by atoms with Gasteiger partial charge < -0.3 is 5.32 Å². The van der Waals surface area contributed by atoms with Gasteiger partial charge in [-0.3, -0.25) is 4.79 Å². The van der Waals surface area contributed by atoms with E-state index in [0.717, 1.165) is 33.0 Å². The molecule has 0 aliphatic rings. The van der Waals surface area contributed by atoms with Gasteiger partial charge in [0.2, 0.25) is 11.0 Å². The van der Waals surface area contributed by atoms with Crippen LogP contribution in [0.2, 0.25) is 0 Å². The summed E-state index contributed by atoms with van der Waals surface area (Å²) < 4.78 is 1.89. The van der Waals surface area contributed by atoms with E-state index in [9.17, 15) is 4.79 Å². The Bertz CT molecular complexity index is 838. The lowest BCUT2D eigenvalue weighted by Gasteiger charge is -2.01. The van der Waals surface area contributed by atoms with E-state index in [2.05, 4.69) is 55.7 Å². The van der Waals surface area contributed by atoms with Crippen molar-refractivity contribution in [1.82, 2.24) is 10.2 Å². The van der Waals surface area contributed by atoms with E-state index in [0.29, 0.717) is 11.6 Å². The number of nitrogens with zero attached hydrogens (tertiary/aromatic N) is 2. The van der Waals surface area contributed by atoms with Crippen molar-refractivity contribution in [1.29, 1.82) is 0 Å². The first-order valence-electron chi connectivity index (χ1n) is 8.23.